The first-order chi connectivity index (χ1) is 5.24. The number of rotatable bonds is 3. The Morgan fingerprint density at radius 1 is 1.45 bits per heavy atom. The molecule has 0 aliphatic heterocycles. The third-order valence-electron chi connectivity index (χ3n) is 1.43. The molecule has 0 saturated heterocycles. The van der Waals surface area contributed by atoms with E-state index in [0.717, 1.165) is 28.5 Å². The van der Waals surface area contributed by atoms with Crippen molar-refractivity contribution in [2.45, 2.75) is 12.8 Å². The lowest BCUT2D eigenvalue weighted by Crippen LogP contribution is -2.00. The molecule has 3 N–H and O–H groups in total. The van der Waals surface area contributed by atoms with E-state index < -0.39 is 0 Å². The van der Waals surface area contributed by atoms with Crippen molar-refractivity contribution in [2.75, 3.05) is 6.54 Å². The topological polar surface area (TPSA) is 41.8 Å². The number of hydrogen-bond acceptors (Lipinski definition) is 1. The van der Waals surface area contributed by atoms with Crippen LogP contribution in [0.1, 0.15) is 12.1 Å². The molecule has 1 aromatic heterocycles. The first kappa shape index (κ1) is 9.29. The van der Waals surface area contributed by atoms with Crippen LogP contribution in [-0.2, 0) is 6.42 Å². The zero-order chi connectivity index (χ0) is 8.27. The standard InChI is InChI=1S/C7H10Br2N2/c8-6-4-5(2-1-3-10)11-7(6)9/h4,11H,1-3,10H2. The Bertz CT molecular complexity index is 213. The van der Waals surface area contributed by atoms with Gasteiger partial charge in [-0.25, -0.2) is 0 Å². The number of hydrogen-bond donors (Lipinski definition) is 2. The van der Waals surface area contributed by atoms with Crippen LogP contribution in [0, 0.1) is 0 Å². The highest BCUT2D eigenvalue weighted by atomic mass is 79.9. The minimum absolute atomic E-state index is 0.744. The molecule has 0 saturated carbocycles. The molecule has 0 aromatic carbocycles. The number of aryl methyl sites for hydroxylation is 1. The van der Waals surface area contributed by atoms with Gasteiger partial charge in [-0.3, -0.25) is 0 Å². The minimum atomic E-state index is 0.744. The highest BCUT2D eigenvalue weighted by Gasteiger charge is 2.01. The van der Waals surface area contributed by atoms with Crippen molar-refractivity contribution >= 4 is 31.9 Å². The van der Waals surface area contributed by atoms with Crippen LogP contribution in [0.2, 0.25) is 0 Å². The summed E-state index contributed by atoms with van der Waals surface area (Å²) in [6, 6.07) is 2.07. The number of nitrogens with one attached hydrogen (secondary N) is 1. The molecule has 4 heteroatoms. The molecule has 0 atom stereocenters. The molecule has 0 aliphatic rings. The second kappa shape index (κ2) is 4.28. The van der Waals surface area contributed by atoms with Crippen LogP contribution < -0.4 is 5.73 Å². The zero-order valence-corrected chi connectivity index (χ0v) is 9.20. The van der Waals surface area contributed by atoms with Gasteiger partial charge in [-0.1, -0.05) is 0 Å². The molecule has 0 amide bonds. The lowest BCUT2D eigenvalue weighted by molar-refractivity contribution is 0.814. The van der Waals surface area contributed by atoms with Gasteiger partial charge in [-0.2, -0.15) is 0 Å². The zero-order valence-electron chi connectivity index (χ0n) is 6.03. The van der Waals surface area contributed by atoms with E-state index in [1.54, 1.807) is 0 Å². The van der Waals surface area contributed by atoms with Crippen molar-refractivity contribution in [2.24, 2.45) is 5.73 Å². The van der Waals surface area contributed by atoms with E-state index in [9.17, 15) is 0 Å². The van der Waals surface area contributed by atoms with E-state index in [1.807, 2.05) is 0 Å². The molecule has 0 unspecified atom stereocenters. The second-order valence-corrected chi connectivity index (χ2v) is 4.00. The minimum Gasteiger partial charge on any atom is -0.352 e. The van der Waals surface area contributed by atoms with Gasteiger partial charge in [-0.15, -0.1) is 0 Å². The molecule has 1 rings (SSSR count). The maximum Gasteiger partial charge on any atom is 0.0966 e. The van der Waals surface area contributed by atoms with Crippen LogP contribution in [0.5, 0.6) is 0 Å². The fraction of sp³-hybridized carbons (Fsp3) is 0.429. The Morgan fingerprint density at radius 2 is 2.18 bits per heavy atom. The lowest BCUT2D eigenvalue weighted by atomic mass is 10.2. The summed E-state index contributed by atoms with van der Waals surface area (Å²) >= 11 is 6.77. The Hall–Kier alpha value is 0.200. The predicted molar refractivity (Wildman–Crippen MR) is 53.6 cm³/mol. The Labute approximate surface area is 82.8 Å². The van der Waals surface area contributed by atoms with Crippen LogP contribution in [0.3, 0.4) is 0 Å². The average molecular weight is 282 g/mol. The summed E-state index contributed by atoms with van der Waals surface area (Å²) in [5.74, 6) is 0. The molecule has 11 heavy (non-hydrogen) atoms. The van der Waals surface area contributed by atoms with Gasteiger partial charge in [0.2, 0.25) is 0 Å². The molecule has 0 fully saturated rings. The summed E-state index contributed by atoms with van der Waals surface area (Å²) < 4.78 is 2.08. The van der Waals surface area contributed by atoms with Crippen molar-refractivity contribution in [3.05, 3.63) is 20.8 Å². The van der Waals surface area contributed by atoms with Crippen molar-refractivity contribution < 1.29 is 0 Å². The van der Waals surface area contributed by atoms with Crippen LogP contribution in [-0.4, -0.2) is 11.5 Å². The van der Waals surface area contributed by atoms with E-state index in [2.05, 4.69) is 42.9 Å². The third kappa shape index (κ3) is 2.61. The lowest BCUT2D eigenvalue weighted by Gasteiger charge is -1.92. The Morgan fingerprint density at radius 3 is 2.64 bits per heavy atom. The number of aromatic amines is 1. The van der Waals surface area contributed by atoms with Crippen molar-refractivity contribution in [3.63, 3.8) is 0 Å². The first-order valence-electron chi connectivity index (χ1n) is 3.47. The summed E-state index contributed by atoms with van der Waals surface area (Å²) in [7, 11) is 0. The molecule has 2 nitrogen and oxygen atoms in total. The average Bonchev–Trinajstić information content (AvgIpc) is 2.28. The molecular formula is C7H10Br2N2. The first-order valence-corrected chi connectivity index (χ1v) is 5.05. The largest absolute Gasteiger partial charge is 0.352 e. The SMILES string of the molecule is NCCCc1cc(Br)c(Br)[nH]1. The second-order valence-electron chi connectivity index (χ2n) is 2.35. The monoisotopic (exact) mass is 280 g/mol. The maximum absolute atomic E-state index is 5.38. The molecule has 62 valence electrons. The maximum atomic E-state index is 5.38. The fourth-order valence-corrected chi connectivity index (χ4v) is 1.62. The molecule has 0 aliphatic carbocycles. The normalized spacial score (nSPS) is 10.5. The summed E-state index contributed by atoms with van der Waals surface area (Å²) in [5.41, 5.74) is 6.60. The van der Waals surface area contributed by atoms with Gasteiger partial charge in [-0.05, 0) is 57.3 Å². The van der Waals surface area contributed by atoms with Crippen LogP contribution >= 0.6 is 31.9 Å². The van der Waals surface area contributed by atoms with Gasteiger partial charge in [0.1, 0.15) is 0 Å². The van der Waals surface area contributed by atoms with Gasteiger partial charge in [0.25, 0.3) is 0 Å². The summed E-state index contributed by atoms with van der Waals surface area (Å²) in [6.07, 6.45) is 2.04. The van der Waals surface area contributed by atoms with Crippen molar-refractivity contribution in [1.82, 2.24) is 4.98 Å². The van der Waals surface area contributed by atoms with E-state index in [-0.39, 0.29) is 0 Å². The quantitative estimate of drug-likeness (QED) is 0.878. The Kier molecular flexibility index (Phi) is 3.62. The van der Waals surface area contributed by atoms with Gasteiger partial charge >= 0.3 is 0 Å². The molecule has 0 radical (unpaired) electrons. The number of nitrogens with two attached hydrogens (primary N) is 1. The van der Waals surface area contributed by atoms with E-state index >= 15 is 0 Å². The summed E-state index contributed by atoms with van der Waals surface area (Å²) in [6.45, 7) is 0.744. The molecule has 0 bridgehead atoms. The summed E-state index contributed by atoms with van der Waals surface area (Å²) in [5, 5.41) is 0. The van der Waals surface area contributed by atoms with Gasteiger partial charge in [0.15, 0.2) is 0 Å². The van der Waals surface area contributed by atoms with Gasteiger partial charge < -0.3 is 10.7 Å². The smallest absolute Gasteiger partial charge is 0.0966 e. The van der Waals surface area contributed by atoms with Crippen LogP contribution in [0.15, 0.2) is 15.1 Å². The fourth-order valence-electron chi connectivity index (χ4n) is 0.880. The molecule has 1 aromatic rings. The van der Waals surface area contributed by atoms with Crippen molar-refractivity contribution in [3.8, 4) is 0 Å². The van der Waals surface area contributed by atoms with E-state index in [4.69, 9.17) is 5.73 Å². The third-order valence-corrected chi connectivity index (χ3v) is 3.21. The molecule has 1 heterocycles. The van der Waals surface area contributed by atoms with Gasteiger partial charge in [0.05, 0.1) is 4.60 Å². The number of H-pyrrole nitrogens is 1. The Balaban J connectivity index is 2.58. The van der Waals surface area contributed by atoms with Crippen LogP contribution in [0.25, 0.3) is 0 Å². The number of aromatic nitrogens is 1. The predicted octanol–water partition coefficient (Wildman–Crippen LogP) is 2.43. The molecule has 0 spiro atoms. The number of halogens is 2. The highest BCUT2D eigenvalue weighted by Crippen LogP contribution is 2.23. The van der Waals surface area contributed by atoms with E-state index in [0.29, 0.717) is 0 Å². The van der Waals surface area contributed by atoms with Gasteiger partial charge in [0, 0.05) is 10.2 Å². The van der Waals surface area contributed by atoms with Crippen molar-refractivity contribution in [1.29, 1.82) is 0 Å². The van der Waals surface area contributed by atoms with E-state index in [1.165, 1.54) is 5.69 Å². The summed E-state index contributed by atoms with van der Waals surface area (Å²) in [4.78, 5) is 3.19. The molecular weight excluding hydrogens is 272 g/mol. The highest BCUT2D eigenvalue weighted by molar-refractivity contribution is 9.13. The van der Waals surface area contributed by atoms with Crippen LogP contribution in [0.4, 0.5) is 0 Å².